The second-order valence-electron chi connectivity index (χ2n) is 6.14. The van der Waals surface area contributed by atoms with E-state index in [4.69, 9.17) is 0 Å². The minimum absolute atomic E-state index is 0.0529. The third kappa shape index (κ3) is 3.71. The average molecular weight is 339 g/mol. The SMILES string of the molecule is Cc1cc(C)n([C@@H](C)CNC(=O)c2cc(-c3ccc(O)cc3)n[nH]2)n1. The van der Waals surface area contributed by atoms with Gasteiger partial charge in [-0.2, -0.15) is 10.2 Å². The lowest BCUT2D eigenvalue weighted by Gasteiger charge is -2.14. The molecule has 130 valence electrons. The number of aromatic nitrogens is 4. The first-order valence-corrected chi connectivity index (χ1v) is 8.10. The number of amides is 1. The second-order valence-corrected chi connectivity index (χ2v) is 6.14. The van der Waals surface area contributed by atoms with Crippen LogP contribution in [-0.2, 0) is 0 Å². The van der Waals surface area contributed by atoms with E-state index in [0.717, 1.165) is 17.0 Å². The van der Waals surface area contributed by atoms with E-state index >= 15 is 0 Å². The molecule has 0 saturated carbocycles. The number of nitrogens with one attached hydrogen (secondary N) is 2. The number of H-pyrrole nitrogens is 1. The van der Waals surface area contributed by atoms with Crippen LogP contribution in [-0.4, -0.2) is 37.5 Å². The maximum Gasteiger partial charge on any atom is 0.269 e. The van der Waals surface area contributed by atoms with Crippen molar-refractivity contribution < 1.29 is 9.90 Å². The van der Waals surface area contributed by atoms with Crippen LogP contribution in [0.25, 0.3) is 11.3 Å². The first kappa shape index (κ1) is 16.8. The number of rotatable bonds is 5. The Labute approximate surface area is 145 Å². The van der Waals surface area contributed by atoms with Crippen molar-refractivity contribution in [3.8, 4) is 17.0 Å². The van der Waals surface area contributed by atoms with Gasteiger partial charge in [0.25, 0.3) is 5.91 Å². The van der Waals surface area contributed by atoms with Crippen LogP contribution in [0.5, 0.6) is 5.75 Å². The Bertz CT molecular complexity index is 879. The van der Waals surface area contributed by atoms with E-state index in [1.54, 1.807) is 30.3 Å². The number of aryl methyl sites for hydroxylation is 2. The zero-order valence-electron chi connectivity index (χ0n) is 14.4. The van der Waals surface area contributed by atoms with Gasteiger partial charge in [-0.3, -0.25) is 14.6 Å². The summed E-state index contributed by atoms with van der Waals surface area (Å²) in [4.78, 5) is 12.3. The molecular formula is C18H21N5O2. The van der Waals surface area contributed by atoms with Crippen molar-refractivity contribution >= 4 is 5.91 Å². The lowest BCUT2D eigenvalue weighted by Crippen LogP contribution is -2.30. The van der Waals surface area contributed by atoms with Crippen LogP contribution in [0.4, 0.5) is 0 Å². The summed E-state index contributed by atoms with van der Waals surface area (Å²) in [5.74, 6) is -0.0266. The number of hydrogen-bond donors (Lipinski definition) is 3. The molecule has 7 heteroatoms. The van der Waals surface area contributed by atoms with E-state index in [-0.39, 0.29) is 17.7 Å². The van der Waals surface area contributed by atoms with Gasteiger partial charge in [-0.1, -0.05) is 0 Å². The van der Waals surface area contributed by atoms with Crippen LogP contribution in [0.2, 0.25) is 0 Å². The van der Waals surface area contributed by atoms with Crippen LogP contribution in [0.3, 0.4) is 0 Å². The van der Waals surface area contributed by atoms with Crippen LogP contribution >= 0.6 is 0 Å². The van der Waals surface area contributed by atoms with Crippen molar-refractivity contribution in [3.05, 3.63) is 53.5 Å². The van der Waals surface area contributed by atoms with E-state index in [1.807, 2.05) is 31.5 Å². The molecule has 1 aromatic carbocycles. The fourth-order valence-electron chi connectivity index (χ4n) is 2.73. The monoisotopic (exact) mass is 339 g/mol. The van der Waals surface area contributed by atoms with Crippen molar-refractivity contribution in [1.82, 2.24) is 25.3 Å². The number of aromatic hydroxyl groups is 1. The number of phenols is 1. The molecule has 0 saturated heterocycles. The van der Waals surface area contributed by atoms with Crippen LogP contribution in [0.15, 0.2) is 36.4 Å². The van der Waals surface area contributed by atoms with Gasteiger partial charge < -0.3 is 10.4 Å². The molecule has 1 amide bonds. The van der Waals surface area contributed by atoms with Crippen LogP contribution in [0, 0.1) is 13.8 Å². The van der Waals surface area contributed by atoms with Gasteiger partial charge in [0.05, 0.1) is 17.4 Å². The lowest BCUT2D eigenvalue weighted by atomic mass is 10.1. The third-order valence-electron chi connectivity index (χ3n) is 4.01. The molecule has 2 heterocycles. The molecule has 0 unspecified atom stereocenters. The molecule has 0 aliphatic carbocycles. The quantitative estimate of drug-likeness (QED) is 0.666. The van der Waals surface area contributed by atoms with Gasteiger partial charge in [-0.15, -0.1) is 0 Å². The molecule has 3 aromatic rings. The molecule has 3 N–H and O–H groups in total. The predicted molar refractivity (Wildman–Crippen MR) is 94.4 cm³/mol. The van der Waals surface area contributed by atoms with Crippen LogP contribution < -0.4 is 5.32 Å². The largest absolute Gasteiger partial charge is 0.508 e. The van der Waals surface area contributed by atoms with Gasteiger partial charge in [0, 0.05) is 17.8 Å². The van der Waals surface area contributed by atoms with E-state index < -0.39 is 0 Å². The third-order valence-corrected chi connectivity index (χ3v) is 4.01. The number of nitrogens with zero attached hydrogens (tertiary/aromatic N) is 3. The normalized spacial score (nSPS) is 12.1. The number of hydrogen-bond acceptors (Lipinski definition) is 4. The predicted octanol–water partition coefficient (Wildman–Crippen LogP) is 2.59. The van der Waals surface area contributed by atoms with Gasteiger partial charge in [0.2, 0.25) is 0 Å². The highest BCUT2D eigenvalue weighted by Crippen LogP contribution is 2.20. The molecule has 0 aliphatic heterocycles. The molecule has 0 bridgehead atoms. The lowest BCUT2D eigenvalue weighted by molar-refractivity contribution is 0.0942. The molecule has 0 spiro atoms. The van der Waals surface area contributed by atoms with Crippen molar-refractivity contribution in [3.63, 3.8) is 0 Å². The minimum atomic E-state index is -0.217. The first-order chi connectivity index (χ1) is 11.9. The summed E-state index contributed by atoms with van der Waals surface area (Å²) in [5.41, 5.74) is 3.89. The second kappa shape index (κ2) is 6.80. The molecule has 0 fully saturated rings. The number of carbonyl (C=O) groups excluding carboxylic acids is 1. The van der Waals surface area contributed by atoms with E-state index in [0.29, 0.717) is 17.9 Å². The van der Waals surface area contributed by atoms with Crippen molar-refractivity contribution in [2.75, 3.05) is 6.54 Å². The summed E-state index contributed by atoms with van der Waals surface area (Å²) in [6.07, 6.45) is 0. The van der Waals surface area contributed by atoms with Gasteiger partial charge >= 0.3 is 0 Å². The molecule has 0 radical (unpaired) electrons. The summed E-state index contributed by atoms with van der Waals surface area (Å²) in [7, 11) is 0. The maximum atomic E-state index is 12.3. The maximum absolute atomic E-state index is 12.3. The Morgan fingerprint density at radius 3 is 2.64 bits per heavy atom. The Balaban J connectivity index is 1.64. The molecular weight excluding hydrogens is 318 g/mol. The summed E-state index contributed by atoms with van der Waals surface area (Å²) < 4.78 is 1.91. The van der Waals surface area contributed by atoms with Crippen molar-refractivity contribution in [2.45, 2.75) is 26.8 Å². The number of phenolic OH excluding ortho intramolecular Hbond substituents is 1. The zero-order chi connectivity index (χ0) is 18.0. The number of carbonyl (C=O) groups is 1. The first-order valence-electron chi connectivity index (χ1n) is 8.10. The highest BCUT2D eigenvalue weighted by molar-refractivity contribution is 5.93. The van der Waals surface area contributed by atoms with Crippen molar-refractivity contribution in [1.29, 1.82) is 0 Å². The standard InChI is InChI=1S/C18H21N5O2/c1-11-8-12(2)23(22-11)13(3)10-19-18(25)17-9-16(20-21-17)14-4-6-15(24)7-5-14/h4-9,13,24H,10H2,1-3H3,(H,19,25)(H,20,21)/t13-/m0/s1. The van der Waals surface area contributed by atoms with Gasteiger partial charge in [0.1, 0.15) is 11.4 Å². The number of benzene rings is 1. The summed E-state index contributed by atoms with van der Waals surface area (Å²) >= 11 is 0. The van der Waals surface area contributed by atoms with Gasteiger partial charge in [-0.25, -0.2) is 0 Å². The molecule has 0 aliphatic rings. The van der Waals surface area contributed by atoms with Crippen molar-refractivity contribution in [2.24, 2.45) is 0 Å². The van der Waals surface area contributed by atoms with Gasteiger partial charge in [0.15, 0.2) is 0 Å². The summed E-state index contributed by atoms with van der Waals surface area (Å²) in [5, 5.41) is 23.6. The highest BCUT2D eigenvalue weighted by atomic mass is 16.3. The Morgan fingerprint density at radius 1 is 1.28 bits per heavy atom. The minimum Gasteiger partial charge on any atom is -0.508 e. The summed E-state index contributed by atoms with van der Waals surface area (Å²) in [6.45, 7) is 6.42. The van der Waals surface area contributed by atoms with E-state index in [2.05, 4.69) is 20.6 Å². The Kier molecular flexibility index (Phi) is 4.56. The Hall–Kier alpha value is -3.09. The van der Waals surface area contributed by atoms with E-state index in [9.17, 15) is 9.90 Å². The number of aromatic amines is 1. The summed E-state index contributed by atoms with van der Waals surface area (Å²) in [6, 6.07) is 10.4. The molecule has 25 heavy (non-hydrogen) atoms. The fourth-order valence-corrected chi connectivity index (χ4v) is 2.73. The average Bonchev–Trinajstić information content (AvgIpc) is 3.20. The molecule has 7 nitrogen and oxygen atoms in total. The molecule has 2 aromatic heterocycles. The molecule has 3 rings (SSSR count). The van der Waals surface area contributed by atoms with E-state index in [1.165, 1.54) is 0 Å². The van der Waals surface area contributed by atoms with Crippen LogP contribution in [0.1, 0.15) is 34.8 Å². The topological polar surface area (TPSA) is 95.8 Å². The Morgan fingerprint density at radius 2 is 2.00 bits per heavy atom. The fraction of sp³-hybridized carbons (Fsp3) is 0.278. The molecule has 1 atom stereocenters. The van der Waals surface area contributed by atoms with Gasteiger partial charge in [-0.05, 0) is 57.2 Å². The smallest absolute Gasteiger partial charge is 0.269 e. The zero-order valence-corrected chi connectivity index (χ0v) is 14.4. The highest BCUT2D eigenvalue weighted by Gasteiger charge is 2.14.